The van der Waals surface area contributed by atoms with Gasteiger partial charge in [-0.25, -0.2) is 4.98 Å². The summed E-state index contributed by atoms with van der Waals surface area (Å²) in [5.74, 6) is 2.46. The van der Waals surface area contributed by atoms with Gasteiger partial charge in [-0.05, 0) is 43.3 Å². The summed E-state index contributed by atoms with van der Waals surface area (Å²) in [6.45, 7) is 3.92. The van der Waals surface area contributed by atoms with Crippen molar-refractivity contribution in [3.8, 4) is 12.3 Å². The number of amides is 1. The van der Waals surface area contributed by atoms with Crippen molar-refractivity contribution in [1.82, 2.24) is 9.88 Å². The summed E-state index contributed by atoms with van der Waals surface area (Å²) >= 11 is 0. The zero-order valence-corrected chi connectivity index (χ0v) is 18.6. The molecule has 34 heavy (non-hydrogen) atoms. The van der Waals surface area contributed by atoms with Gasteiger partial charge in [-0.3, -0.25) is 9.69 Å². The molecule has 1 aromatic carbocycles. The smallest absolute Gasteiger partial charge is 0.389 e. The Bertz CT molecular complexity index is 992. The Kier molecular flexibility index (Phi) is 8.87. The molecule has 0 spiro atoms. The molecule has 182 valence electrons. The summed E-state index contributed by atoms with van der Waals surface area (Å²) in [4.78, 5) is 21.1. The van der Waals surface area contributed by atoms with Crippen molar-refractivity contribution in [2.24, 2.45) is 0 Å². The second kappa shape index (κ2) is 11.8. The average molecular weight is 476 g/mol. The van der Waals surface area contributed by atoms with E-state index in [-0.39, 0.29) is 18.8 Å². The van der Waals surface area contributed by atoms with Crippen molar-refractivity contribution in [1.29, 1.82) is 0 Å². The lowest BCUT2D eigenvalue weighted by Gasteiger charge is -2.24. The predicted octanol–water partition coefficient (Wildman–Crippen LogP) is 2.88. The van der Waals surface area contributed by atoms with Crippen LogP contribution >= 0.6 is 0 Å². The number of aliphatic hydroxyl groups excluding tert-OH is 1. The number of alkyl halides is 3. The molecule has 2 N–H and O–H groups in total. The fraction of sp³-hybridized carbons (Fsp3) is 0.417. The number of pyridine rings is 1. The third-order valence-electron chi connectivity index (χ3n) is 5.33. The van der Waals surface area contributed by atoms with E-state index in [2.05, 4.69) is 26.0 Å². The van der Waals surface area contributed by atoms with E-state index in [1.54, 1.807) is 12.1 Å². The Balaban J connectivity index is 1.53. The van der Waals surface area contributed by atoms with Crippen LogP contribution in [0, 0.1) is 12.3 Å². The number of hydrogen-bond acceptors (Lipinski definition) is 6. The molecule has 1 fully saturated rings. The number of aromatic nitrogens is 1. The van der Waals surface area contributed by atoms with Gasteiger partial charge in [0.1, 0.15) is 12.4 Å². The quantitative estimate of drug-likeness (QED) is 0.451. The van der Waals surface area contributed by atoms with Crippen molar-refractivity contribution >= 4 is 17.4 Å². The molecular weight excluding hydrogens is 449 g/mol. The number of ether oxygens (including phenoxy) is 1. The summed E-state index contributed by atoms with van der Waals surface area (Å²) < 4.78 is 43.8. The van der Waals surface area contributed by atoms with Crippen molar-refractivity contribution in [3.63, 3.8) is 0 Å². The molecule has 1 saturated heterocycles. The molecular formula is C24H27F3N4O3. The number of nitrogens with zero attached hydrogens (tertiary/aromatic N) is 3. The number of benzene rings is 1. The van der Waals surface area contributed by atoms with Gasteiger partial charge in [0.15, 0.2) is 0 Å². The molecule has 1 aromatic heterocycles. The van der Waals surface area contributed by atoms with Gasteiger partial charge in [0, 0.05) is 31.7 Å². The van der Waals surface area contributed by atoms with Gasteiger partial charge in [-0.15, -0.1) is 6.42 Å². The summed E-state index contributed by atoms with van der Waals surface area (Å²) in [6.07, 6.45) is 2.37. The largest absolute Gasteiger partial charge is 0.416 e. The van der Waals surface area contributed by atoms with Gasteiger partial charge in [0.25, 0.3) is 5.91 Å². The minimum Gasteiger partial charge on any atom is -0.389 e. The fourth-order valence-corrected chi connectivity index (χ4v) is 3.67. The first-order valence-electron chi connectivity index (χ1n) is 10.9. The highest BCUT2D eigenvalue weighted by atomic mass is 19.4. The third-order valence-corrected chi connectivity index (χ3v) is 5.33. The van der Waals surface area contributed by atoms with Crippen molar-refractivity contribution in [3.05, 3.63) is 53.7 Å². The van der Waals surface area contributed by atoms with Gasteiger partial charge in [-0.2, -0.15) is 13.2 Å². The summed E-state index contributed by atoms with van der Waals surface area (Å²) in [7, 11) is 0. The molecule has 2 heterocycles. The number of terminal acetylenes is 1. The van der Waals surface area contributed by atoms with Crippen LogP contribution in [0.1, 0.15) is 22.3 Å². The second-order valence-electron chi connectivity index (χ2n) is 7.95. The number of halogens is 3. The highest BCUT2D eigenvalue weighted by Gasteiger charge is 2.31. The molecule has 1 amide bonds. The molecule has 10 heteroatoms. The molecule has 1 aliphatic rings. The maximum Gasteiger partial charge on any atom is 0.416 e. The van der Waals surface area contributed by atoms with E-state index in [0.717, 1.165) is 44.0 Å². The van der Waals surface area contributed by atoms with Crippen LogP contribution in [-0.2, 0) is 10.9 Å². The Hall–Kier alpha value is -3.13. The van der Waals surface area contributed by atoms with Crippen LogP contribution in [0.3, 0.4) is 0 Å². The molecule has 1 atom stereocenters. The van der Waals surface area contributed by atoms with Crippen molar-refractivity contribution < 1.29 is 27.8 Å². The van der Waals surface area contributed by atoms with E-state index in [9.17, 15) is 23.1 Å². The van der Waals surface area contributed by atoms with E-state index in [1.165, 1.54) is 18.3 Å². The number of carbonyl (C=O) groups excluding carboxylic acids is 1. The summed E-state index contributed by atoms with van der Waals surface area (Å²) in [5, 5.41) is 12.7. The van der Waals surface area contributed by atoms with E-state index < -0.39 is 23.8 Å². The van der Waals surface area contributed by atoms with Gasteiger partial charge < -0.3 is 20.1 Å². The van der Waals surface area contributed by atoms with Gasteiger partial charge in [0.05, 0.1) is 30.2 Å². The molecule has 7 nitrogen and oxygen atoms in total. The molecule has 1 aliphatic heterocycles. The monoisotopic (exact) mass is 476 g/mol. The predicted molar refractivity (Wildman–Crippen MR) is 123 cm³/mol. The van der Waals surface area contributed by atoms with Crippen LogP contribution in [0.5, 0.6) is 0 Å². The van der Waals surface area contributed by atoms with E-state index >= 15 is 0 Å². The lowest BCUT2D eigenvalue weighted by molar-refractivity contribution is -0.137. The van der Waals surface area contributed by atoms with E-state index in [0.29, 0.717) is 18.8 Å². The van der Waals surface area contributed by atoms with Gasteiger partial charge in [0.2, 0.25) is 0 Å². The fourth-order valence-electron chi connectivity index (χ4n) is 3.67. The molecule has 0 bridgehead atoms. The summed E-state index contributed by atoms with van der Waals surface area (Å²) in [5.41, 5.74) is -0.576. The Morgan fingerprint density at radius 1 is 1.24 bits per heavy atom. The minimum absolute atomic E-state index is 0.0848. The van der Waals surface area contributed by atoms with E-state index in [4.69, 9.17) is 11.2 Å². The number of hydrogen-bond donors (Lipinski definition) is 2. The zero-order chi connectivity index (χ0) is 24.6. The molecule has 0 aliphatic carbocycles. The Labute approximate surface area is 196 Å². The first kappa shape index (κ1) is 25.5. The molecule has 0 radical (unpaired) electrons. The minimum atomic E-state index is -4.52. The highest BCUT2D eigenvalue weighted by molar-refractivity contribution is 6.04. The number of aliphatic hydroxyl groups is 1. The standard InChI is InChI=1S/C24H27F3N4O3/c1-2-13-34-17-21(32)16-30-9-4-10-31(12-11-30)22-8-7-20(15-28-22)29-23(33)18-5-3-6-19(14-18)24(25,26)27/h1,3,5-8,14-15,21,32H,4,9-13,16-17H2,(H,29,33). The van der Waals surface area contributed by atoms with Crippen molar-refractivity contribution in [2.45, 2.75) is 18.7 Å². The number of nitrogens with one attached hydrogen (secondary N) is 1. The van der Waals surface area contributed by atoms with Crippen LogP contribution in [0.4, 0.5) is 24.7 Å². The first-order chi connectivity index (χ1) is 16.3. The summed E-state index contributed by atoms with van der Waals surface area (Å²) in [6, 6.07) is 7.70. The van der Waals surface area contributed by atoms with Gasteiger partial charge in [-0.1, -0.05) is 12.0 Å². The SMILES string of the molecule is C#CCOCC(O)CN1CCCN(c2ccc(NC(=O)c3cccc(C(F)(F)F)c3)cn2)CC1. The normalized spacial score (nSPS) is 15.9. The molecule has 0 saturated carbocycles. The lowest BCUT2D eigenvalue weighted by atomic mass is 10.1. The van der Waals surface area contributed by atoms with Crippen molar-refractivity contribution in [2.75, 3.05) is 56.2 Å². The molecule has 2 aromatic rings. The van der Waals surface area contributed by atoms with Crippen LogP contribution in [0.2, 0.25) is 0 Å². The third kappa shape index (κ3) is 7.45. The average Bonchev–Trinajstić information content (AvgIpc) is 3.05. The maximum absolute atomic E-state index is 12.9. The van der Waals surface area contributed by atoms with Crippen LogP contribution < -0.4 is 10.2 Å². The lowest BCUT2D eigenvalue weighted by Crippen LogP contribution is -2.37. The molecule has 1 unspecified atom stereocenters. The Morgan fingerprint density at radius 3 is 2.76 bits per heavy atom. The highest BCUT2D eigenvalue weighted by Crippen LogP contribution is 2.29. The van der Waals surface area contributed by atoms with Crippen LogP contribution in [0.15, 0.2) is 42.6 Å². The number of rotatable bonds is 8. The number of anilines is 2. The van der Waals surface area contributed by atoms with Crippen LogP contribution in [0.25, 0.3) is 0 Å². The van der Waals surface area contributed by atoms with Crippen LogP contribution in [-0.4, -0.2) is 72.9 Å². The second-order valence-corrected chi connectivity index (χ2v) is 7.95. The topological polar surface area (TPSA) is 77.9 Å². The molecule has 3 rings (SSSR count). The number of carbonyl (C=O) groups is 1. The maximum atomic E-state index is 12.9. The van der Waals surface area contributed by atoms with E-state index in [1.807, 2.05) is 0 Å². The number of β-amino-alcohol motifs (C(OH)–C–C–N with tert-alkyl or cyclic N) is 1. The Morgan fingerprint density at radius 2 is 2.06 bits per heavy atom. The zero-order valence-electron chi connectivity index (χ0n) is 18.6. The first-order valence-corrected chi connectivity index (χ1v) is 10.9. The van der Waals surface area contributed by atoms with Gasteiger partial charge >= 0.3 is 6.18 Å².